The molecule has 5 nitrogen and oxygen atoms in total. The first kappa shape index (κ1) is 20.8. The van der Waals surface area contributed by atoms with Crippen LogP contribution in [0.25, 0.3) is 0 Å². The SMILES string of the molecule is COc1ccc(OC)c([C@@H]2CC(=O)C3=C(C2)NC(=O)C[C@H]3c2ccc(Cl)c(Cl)c2)c1. The van der Waals surface area contributed by atoms with Gasteiger partial charge in [-0.1, -0.05) is 29.3 Å². The van der Waals surface area contributed by atoms with Gasteiger partial charge in [-0.05, 0) is 42.3 Å². The minimum Gasteiger partial charge on any atom is -0.497 e. The summed E-state index contributed by atoms with van der Waals surface area (Å²) in [4.78, 5) is 25.7. The highest BCUT2D eigenvalue weighted by Crippen LogP contribution is 2.45. The van der Waals surface area contributed by atoms with Crippen LogP contribution in [0.1, 0.15) is 42.2 Å². The summed E-state index contributed by atoms with van der Waals surface area (Å²) in [6.07, 6.45) is 1.07. The van der Waals surface area contributed by atoms with Crippen LogP contribution < -0.4 is 14.8 Å². The minimum absolute atomic E-state index is 0.0159. The van der Waals surface area contributed by atoms with Crippen LogP contribution in [0.15, 0.2) is 47.7 Å². The summed E-state index contributed by atoms with van der Waals surface area (Å²) in [6, 6.07) is 10.8. The van der Waals surface area contributed by atoms with E-state index in [-0.39, 0.29) is 29.9 Å². The molecule has 0 fully saturated rings. The lowest BCUT2D eigenvalue weighted by Crippen LogP contribution is -2.38. The first-order valence-electron chi connectivity index (χ1n) is 9.64. The molecule has 2 aromatic carbocycles. The number of methoxy groups -OCH3 is 2. The van der Waals surface area contributed by atoms with Gasteiger partial charge >= 0.3 is 0 Å². The van der Waals surface area contributed by atoms with Gasteiger partial charge in [-0.3, -0.25) is 9.59 Å². The van der Waals surface area contributed by atoms with Gasteiger partial charge in [0.1, 0.15) is 11.5 Å². The maximum absolute atomic E-state index is 13.3. The Balaban J connectivity index is 1.74. The Kier molecular flexibility index (Phi) is 5.76. The third-order valence-corrected chi connectivity index (χ3v) is 6.50. The van der Waals surface area contributed by atoms with Gasteiger partial charge in [0.25, 0.3) is 0 Å². The fourth-order valence-electron chi connectivity index (χ4n) is 4.35. The molecule has 2 atom stereocenters. The molecule has 0 unspecified atom stereocenters. The van der Waals surface area contributed by atoms with Gasteiger partial charge in [0.2, 0.25) is 5.91 Å². The standard InChI is InChI=1S/C23H21Cl2NO4/c1-29-14-4-6-21(30-2)15(10-14)13-8-19-23(20(27)9-13)16(11-22(28)26-19)12-3-5-17(24)18(25)7-12/h3-7,10,13,16H,8-9,11H2,1-2H3,(H,26,28)/t13-,16-/m0/s1. The predicted molar refractivity (Wildman–Crippen MR) is 116 cm³/mol. The fourth-order valence-corrected chi connectivity index (χ4v) is 4.66. The number of amides is 1. The average Bonchev–Trinajstić information content (AvgIpc) is 2.74. The first-order valence-corrected chi connectivity index (χ1v) is 10.4. The van der Waals surface area contributed by atoms with E-state index >= 15 is 0 Å². The zero-order valence-electron chi connectivity index (χ0n) is 16.6. The second-order valence-corrected chi connectivity index (χ2v) is 8.32. The van der Waals surface area contributed by atoms with E-state index in [0.717, 1.165) is 11.1 Å². The van der Waals surface area contributed by atoms with Crippen molar-refractivity contribution in [2.75, 3.05) is 14.2 Å². The Morgan fingerprint density at radius 3 is 2.43 bits per heavy atom. The Hall–Kier alpha value is -2.50. The van der Waals surface area contributed by atoms with Crippen molar-refractivity contribution in [2.24, 2.45) is 0 Å². The number of hydrogen-bond donors (Lipinski definition) is 1. The Labute approximate surface area is 185 Å². The van der Waals surface area contributed by atoms with Crippen LogP contribution in [-0.2, 0) is 9.59 Å². The van der Waals surface area contributed by atoms with Crippen molar-refractivity contribution in [1.29, 1.82) is 0 Å². The number of Topliss-reactive ketones (excluding diaryl/α,β-unsaturated/α-hetero) is 1. The number of ketones is 1. The molecule has 0 radical (unpaired) electrons. The molecule has 0 aromatic heterocycles. The maximum Gasteiger partial charge on any atom is 0.225 e. The summed E-state index contributed by atoms with van der Waals surface area (Å²) >= 11 is 12.2. The number of halogens is 2. The number of carbonyl (C=O) groups excluding carboxylic acids is 2. The molecule has 1 amide bonds. The van der Waals surface area contributed by atoms with Crippen molar-refractivity contribution in [1.82, 2.24) is 5.32 Å². The smallest absolute Gasteiger partial charge is 0.225 e. The molecule has 1 aliphatic carbocycles. The van der Waals surface area contributed by atoms with Gasteiger partial charge in [-0.25, -0.2) is 0 Å². The molecular weight excluding hydrogens is 425 g/mol. The summed E-state index contributed by atoms with van der Waals surface area (Å²) in [5.41, 5.74) is 3.04. The van der Waals surface area contributed by atoms with E-state index in [0.29, 0.717) is 45.7 Å². The Morgan fingerprint density at radius 2 is 1.73 bits per heavy atom. The third-order valence-electron chi connectivity index (χ3n) is 5.76. The van der Waals surface area contributed by atoms with Crippen LogP contribution in [0.4, 0.5) is 0 Å². The highest BCUT2D eigenvalue weighted by atomic mass is 35.5. The fraction of sp³-hybridized carbons (Fsp3) is 0.304. The molecule has 1 N–H and O–H groups in total. The molecule has 30 heavy (non-hydrogen) atoms. The van der Waals surface area contributed by atoms with Crippen molar-refractivity contribution in [3.63, 3.8) is 0 Å². The lowest BCUT2D eigenvalue weighted by Gasteiger charge is -2.35. The number of benzene rings is 2. The average molecular weight is 446 g/mol. The van der Waals surface area contributed by atoms with E-state index in [1.807, 2.05) is 24.3 Å². The van der Waals surface area contributed by atoms with Crippen LogP contribution in [0.3, 0.4) is 0 Å². The highest BCUT2D eigenvalue weighted by Gasteiger charge is 2.39. The summed E-state index contributed by atoms with van der Waals surface area (Å²) in [5.74, 6) is 0.844. The van der Waals surface area contributed by atoms with Gasteiger partial charge in [-0.2, -0.15) is 0 Å². The predicted octanol–water partition coefficient (Wildman–Crippen LogP) is 5.01. The van der Waals surface area contributed by atoms with Gasteiger partial charge in [0.05, 0.1) is 24.3 Å². The molecule has 0 saturated carbocycles. The van der Waals surface area contributed by atoms with E-state index in [4.69, 9.17) is 32.7 Å². The minimum atomic E-state index is -0.329. The second-order valence-electron chi connectivity index (χ2n) is 7.51. The molecule has 4 rings (SSSR count). The molecule has 0 bridgehead atoms. The molecule has 1 aliphatic heterocycles. The van der Waals surface area contributed by atoms with Crippen LogP contribution >= 0.6 is 23.2 Å². The summed E-state index contributed by atoms with van der Waals surface area (Å²) in [6.45, 7) is 0. The van der Waals surface area contributed by atoms with E-state index in [1.165, 1.54) is 0 Å². The van der Waals surface area contributed by atoms with Gasteiger partial charge < -0.3 is 14.8 Å². The number of nitrogens with one attached hydrogen (secondary N) is 1. The van der Waals surface area contributed by atoms with E-state index < -0.39 is 0 Å². The Morgan fingerprint density at radius 1 is 0.933 bits per heavy atom. The molecule has 2 aromatic rings. The normalized spacial score (nSPS) is 21.2. The number of carbonyl (C=O) groups is 2. The lowest BCUT2D eigenvalue weighted by atomic mass is 9.73. The molecule has 2 aliphatic rings. The van der Waals surface area contributed by atoms with Crippen LogP contribution in [0.2, 0.25) is 10.0 Å². The first-order chi connectivity index (χ1) is 14.4. The van der Waals surface area contributed by atoms with Crippen LogP contribution in [-0.4, -0.2) is 25.9 Å². The number of hydrogen-bond acceptors (Lipinski definition) is 4. The largest absolute Gasteiger partial charge is 0.497 e. The van der Waals surface area contributed by atoms with Gasteiger partial charge in [0.15, 0.2) is 5.78 Å². The van der Waals surface area contributed by atoms with Crippen LogP contribution in [0, 0.1) is 0 Å². The van der Waals surface area contributed by atoms with E-state index in [9.17, 15) is 9.59 Å². The van der Waals surface area contributed by atoms with Crippen molar-refractivity contribution >= 4 is 34.9 Å². The summed E-state index contributed by atoms with van der Waals surface area (Å²) < 4.78 is 10.9. The number of allylic oxidation sites excluding steroid dienone is 2. The second kappa shape index (κ2) is 8.32. The van der Waals surface area contributed by atoms with Gasteiger partial charge in [0, 0.05) is 41.5 Å². The van der Waals surface area contributed by atoms with Crippen molar-refractivity contribution < 1.29 is 19.1 Å². The van der Waals surface area contributed by atoms with Crippen LogP contribution in [0.5, 0.6) is 11.5 Å². The van der Waals surface area contributed by atoms with Gasteiger partial charge in [-0.15, -0.1) is 0 Å². The monoisotopic (exact) mass is 445 g/mol. The highest BCUT2D eigenvalue weighted by molar-refractivity contribution is 6.42. The topological polar surface area (TPSA) is 64.6 Å². The van der Waals surface area contributed by atoms with E-state index in [2.05, 4.69) is 5.32 Å². The molecule has 0 spiro atoms. The van der Waals surface area contributed by atoms with Crippen molar-refractivity contribution in [2.45, 2.75) is 31.1 Å². The number of ether oxygens (including phenoxy) is 2. The molecule has 0 saturated heterocycles. The van der Waals surface area contributed by atoms with Crippen molar-refractivity contribution in [3.8, 4) is 11.5 Å². The zero-order chi connectivity index (χ0) is 21.4. The molecule has 7 heteroatoms. The third kappa shape index (κ3) is 3.80. The molecular formula is C23H21Cl2NO4. The molecule has 1 heterocycles. The summed E-state index contributed by atoms with van der Waals surface area (Å²) in [5, 5.41) is 3.78. The molecule has 156 valence electrons. The van der Waals surface area contributed by atoms with Crippen molar-refractivity contribution in [3.05, 3.63) is 68.8 Å². The summed E-state index contributed by atoms with van der Waals surface area (Å²) in [7, 11) is 3.20. The number of rotatable bonds is 4. The van der Waals surface area contributed by atoms with E-state index in [1.54, 1.807) is 26.4 Å². The zero-order valence-corrected chi connectivity index (χ0v) is 18.1. The quantitative estimate of drug-likeness (QED) is 0.717. The maximum atomic E-state index is 13.3. The lowest BCUT2D eigenvalue weighted by molar-refractivity contribution is -0.122. The Bertz CT molecular complexity index is 1060.